The topological polar surface area (TPSA) is 112 Å². The molecule has 2 N–H and O–H groups in total. The second kappa shape index (κ2) is 22.7. The van der Waals surface area contributed by atoms with Crippen LogP contribution in [0.25, 0.3) is 0 Å². The monoisotopic (exact) mass is 516 g/mol. The zero-order chi connectivity index (χ0) is 24.7. The smallest absolute Gasteiger partial charge is 0.303 e. The van der Waals surface area contributed by atoms with Crippen molar-refractivity contribution in [3.8, 4) is 0 Å². The number of hydrogen-bond donors (Lipinski definition) is 2. The van der Waals surface area contributed by atoms with Crippen molar-refractivity contribution >= 4 is 15.6 Å². The Balaban J connectivity index is 3.37. The van der Waals surface area contributed by atoms with E-state index in [-0.39, 0.29) is 19.8 Å². The fraction of sp³-hybridized carbons (Fsp3) is 1.00. The Kier molecular flexibility index (Phi) is 22.8. The summed E-state index contributed by atoms with van der Waals surface area (Å²) in [5.41, 5.74) is 0. The maximum absolute atomic E-state index is 11.8. The van der Waals surface area contributed by atoms with Crippen molar-refractivity contribution in [3.05, 3.63) is 0 Å². The van der Waals surface area contributed by atoms with E-state index in [4.69, 9.17) is 18.5 Å². The van der Waals surface area contributed by atoms with Crippen LogP contribution in [0.1, 0.15) is 122 Å². The number of rotatable bonds is 26. The van der Waals surface area contributed by atoms with Crippen LogP contribution < -0.4 is 0 Å². The summed E-state index contributed by atoms with van der Waals surface area (Å²) in [5, 5.41) is 0. The van der Waals surface area contributed by atoms with Crippen LogP contribution >= 0.6 is 15.6 Å². The maximum atomic E-state index is 11.8. The molecule has 0 aromatic carbocycles. The summed E-state index contributed by atoms with van der Waals surface area (Å²) < 4.78 is 42.0. The summed E-state index contributed by atoms with van der Waals surface area (Å²) in [7, 11) is -6.76. The lowest BCUT2D eigenvalue weighted by molar-refractivity contribution is 0.144. The molecule has 0 heterocycles. The molecule has 10 heteroatoms. The first kappa shape index (κ1) is 33.2. The predicted molar refractivity (Wildman–Crippen MR) is 133 cm³/mol. The van der Waals surface area contributed by atoms with Gasteiger partial charge in [-0.25, -0.2) is 9.13 Å². The Morgan fingerprint density at radius 1 is 0.485 bits per heavy atom. The fourth-order valence-electron chi connectivity index (χ4n) is 3.48. The Bertz CT molecular complexity index is 519. The Labute approximate surface area is 202 Å². The average molecular weight is 517 g/mol. The molecule has 0 radical (unpaired) electrons. The number of hydrogen-bond acceptors (Lipinski definition) is 6. The second-order valence-electron chi connectivity index (χ2n) is 8.63. The molecule has 2 unspecified atom stereocenters. The van der Waals surface area contributed by atoms with Crippen molar-refractivity contribution in [2.24, 2.45) is 0 Å². The van der Waals surface area contributed by atoms with Crippen LogP contribution in [0.4, 0.5) is 0 Å². The molecule has 0 aliphatic carbocycles. The van der Waals surface area contributed by atoms with Crippen LogP contribution in [0.5, 0.6) is 0 Å². The first-order valence-electron chi connectivity index (χ1n) is 13.0. The second-order valence-corrected chi connectivity index (χ2v) is 11.6. The molecule has 0 amide bonds. The average Bonchev–Trinajstić information content (AvgIpc) is 2.78. The fourth-order valence-corrected chi connectivity index (χ4v) is 4.74. The Morgan fingerprint density at radius 2 is 0.758 bits per heavy atom. The summed E-state index contributed by atoms with van der Waals surface area (Å²) in [6.45, 7) is 2.76. The van der Waals surface area contributed by atoms with E-state index < -0.39 is 15.6 Å². The summed E-state index contributed by atoms with van der Waals surface area (Å²) in [5.74, 6) is 0. The van der Waals surface area contributed by atoms with Gasteiger partial charge >= 0.3 is 15.6 Å². The van der Waals surface area contributed by atoms with Crippen LogP contribution in [-0.2, 0) is 27.2 Å². The minimum Gasteiger partial charge on any atom is -0.303 e. The molecule has 0 saturated heterocycles. The normalized spacial score (nSPS) is 15.4. The van der Waals surface area contributed by atoms with E-state index in [1.54, 1.807) is 0 Å². The molecular weight excluding hydrogens is 466 g/mol. The third-order valence-electron chi connectivity index (χ3n) is 5.53. The SMILES string of the molecule is CCCCCCCCCCCCCCCCOP(=O)(O)OCCCCCCOP(=O)(O)OC. The van der Waals surface area contributed by atoms with E-state index in [1.807, 2.05) is 0 Å². The quantitative estimate of drug-likeness (QED) is 0.0880. The zero-order valence-electron chi connectivity index (χ0n) is 21.1. The molecule has 200 valence electrons. The Morgan fingerprint density at radius 3 is 1.06 bits per heavy atom. The van der Waals surface area contributed by atoms with Crippen molar-refractivity contribution in [2.45, 2.75) is 122 Å². The third kappa shape index (κ3) is 25.1. The van der Waals surface area contributed by atoms with Crippen molar-refractivity contribution in [1.82, 2.24) is 0 Å². The summed E-state index contributed by atoms with van der Waals surface area (Å²) in [6, 6.07) is 0. The van der Waals surface area contributed by atoms with Crippen molar-refractivity contribution < 1.29 is 37.0 Å². The van der Waals surface area contributed by atoms with Gasteiger partial charge in [0.15, 0.2) is 0 Å². The number of phosphoric ester groups is 2. The van der Waals surface area contributed by atoms with E-state index in [1.165, 1.54) is 70.6 Å². The molecule has 0 fully saturated rings. The molecule has 8 nitrogen and oxygen atoms in total. The largest absolute Gasteiger partial charge is 0.472 e. The summed E-state index contributed by atoms with van der Waals surface area (Å²) in [4.78, 5) is 18.8. The molecule has 0 spiro atoms. The Hall–Kier alpha value is 0.220. The summed E-state index contributed by atoms with van der Waals surface area (Å²) >= 11 is 0. The van der Waals surface area contributed by atoms with Crippen molar-refractivity contribution in [1.29, 1.82) is 0 Å². The van der Waals surface area contributed by atoms with Gasteiger partial charge in [-0.15, -0.1) is 0 Å². The lowest BCUT2D eigenvalue weighted by Crippen LogP contribution is -1.99. The van der Waals surface area contributed by atoms with Crippen LogP contribution in [-0.4, -0.2) is 36.7 Å². The van der Waals surface area contributed by atoms with Gasteiger partial charge in [0.25, 0.3) is 0 Å². The van der Waals surface area contributed by atoms with Gasteiger partial charge in [0.05, 0.1) is 19.8 Å². The zero-order valence-corrected chi connectivity index (χ0v) is 22.9. The predicted octanol–water partition coefficient (Wildman–Crippen LogP) is 7.93. The number of unbranched alkanes of at least 4 members (excludes halogenated alkanes) is 16. The molecule has 0 aliphatic heterocycles. The molecule has 0 rings (SSSR count). The van der Waals surface area contributed by atoms with Gasteiger partial charge in [-0.2, -0.15) is 0 Å². The molecule has 0 saturated carbocycles. The highest BCUT2D eigenvalue weighted by Gasteiger charge is 2.20. The lowest BCUT2D eigenvalue weighted by Gasteiger charge is -2.12. The molecular formula is C23H50O8P2. The number of phosphoric acid groups is 2. The van der Waals surface area contributed by atoms with Gasteiger partial charge in [-0.3, -0.25) is 18.1 Å². The van der Waals surface area contributed by atoms with Gasteiger partial charge in [0.1, 0.15) is 0 Å². The third-order valence-corrected chi connectivity index (χ3v) is 7.52. The highest BCUT2D eigenvalue weighted by atomic mass is 31.2. The van der Waals surface area contributed by atoms with E-state index in [2.05, 4.69) is 11.4 Å². The molecule has 0 aromatic rings. The van der Waals surface area contributed by atoms with E-state index in [0.29, 0.717) is 12.8 Å². The highest BCUT2D eigenvalue weighted by molar-refractivity contribution is 7.47. The molecule has 0 bridgehead atoms. The van der Waals surface area contributed by atoms with Gasteiger partial charge in [0.2, 0.25) is 0 Å². The molecule has 33 heavy (non-hydrogen) atoms. The maximum Gasteiger partial charge on any atom is 0.472 e. The van der Waals surface area contributed by atoms with Crippen molar-refractivity contribution in [3.63, 3.8) is 0 Å². The first-order chi connectivity index (χ1) is 15.8. The van der Waals surface area contributed by atoms with Crippen LogP contribution in [0.3, 0.4) is 0 Å². The molecule has 2 atom stereocenters. The molecule has 0 aromatic heterocycles. The standard InChI is InChI=1S/C23H50O8P2/c1-3-4-5-6-7-8-9-10-11-12-13-14-15-18-22-30-33(26,27)31-23-20-17-16-19-21-29-32(24,25)28-2/h3-23H2,1-2H3,(H,24,25)(H,26,27). The van der Waals surface area contributed by atoms with Crippen molar-refractivity contribution in [2.75, 3.05) is 26.9 Å². The van der Waals surface area contributed by atoms with Crippen LogP contribution in [0.15, 0.2) is 0 Å². The lowest BCUT2D eigenvalue weighted by atomic mass is 10.0. The van der Waals surface area contributed by atoms with Gasteiger partial charge in [-0.1, -0.05) is 103 Å². The minimum atomic E-state index is -3.98. The van der Waals surface area contributed by atoms with Gasteiger partial charge < -0.3 is 9.79 Å². The first-order valence-corrected chi connectivity index (χ1v) is 16.0. The van der Waals surface area contributed by atoms with E-state index in [0.717, 1.165) is 39.2 Å². The summed E-state index contributed by atoms with van der Waals surface area (Å²) in [6.07, 6.45) is 20.4. The van der Waals surface area contributed by atoms with Crippen LogP contribution in [0, 0.1) is 0 Å². The van der Waals surface area contributed by atoms with E-state index in [9.17, 15) is 14.0 Å². The van der Waals surface area contributed by atoms with E-state index >= 15 is 0 Å². The van der Waals surface area contributed by atoms with Gasteiger partial charge in [-0.05, 0) is 19.3 Å². The minimum absolute atomic E-state index is 0.128. The highest BCUT2D eigenvalue weighted by Crippen LogP contribution is 2.43. The van der Waals surface area contributed by atoms with Gasteiger partial charge in [0, 0.05) is 7.11 Å². The van der Waals surface area contributed by atoms with Crippen LogP contribution in [0.2, 0.25) is 0 Å². The molecule has 0 aliphatic rings.